The van der Waals surface area contributed by atoms with Crippen LogP contribution in [0.1, 0.15) is 5.56 Å². The average Bonchev–Trinajstić information content (AvgIpc) is 2.86. The lowest BCUT2D eigenvalue weighted by Gasteiger charge is -2.01. The number of aryl methyl sites for hydroxylation is 1. The van der Waals surface area contributed by atoms with Crippen LogP contribution in [0.15, 0.2) is 30.3 Å². The molecule has 0 fully saturated rings. The number of halogens is 1. The van der Waals surface area contributed by atoms with Crippen LogP contribution in [0.5, 0.6) is 5.75 Å². The minimum absolute atomic E-state index is 0.557. The lowest BCUT2D eigenvalue weighted by Crippen LogP contribution is -1.90. The molecule has 0 radical (unpaired) electrons. The van der Waals surface area contributed by atoms with Gasteiger partial charge < -0.3 is 15.5 Å². The van der Waals surface area contributed by atoms with Crippen molar-refractivity contribution in [2.45, 2.75) is 6.92 Å². The van der Waals surface area contributed by atoms with Crippen molar-refractivity contribution in [2.24, 2.45) is 0 Å². The zero-order valence-corrected chi connectivity index (χ0v) is 12.0. The lowest BCUT2D eigenvalue weighted by atomic mass is 10.1. The molecule has 3 N–H and O–H groups in total. The molecule has 1 heterocycles. The molecule has 3 rings (SSSR count). The molecule has 1 aromatic heterocycles. The highest BCUT2D eigenvalue weighted by Gasteiger charge is 2.10. The highest BCUT2D eigenvalue weighted by molar-refractivity contribution is 6.35. The highest BCUT2D eigenvalue weighted by atomic mass is 35.5. The van der Waals surface area contributed by atoms with Crippen molar-refractivity contribution < 1.29 is 4.74 Å². The minimum atomic E-state index is 0.557. The number of nitrogens with two attached hydrogens (primary N) is 1. The first-order valence-corrected chi connectivity index (χ1v) is 6.56. The van der Waals surface area contributed by atoms with Gasteiger partial charge in [0.1, 0.15) is 17.1 Å². The van der Waals surface area contributed by atoms with Crippen molar-refractivity contribution in [3.05, 3.63) is 40.9 Å². The average molecular weight is 288 g/mol. The summed E-state index contributed by atoms with van der Waals surface area (Å²) in [6.45, 7) is 1.97. The molecule has 20 heavy (non-hydrogen) atoms. The van der Waals surface area contributed by atoms with Gasteiger partial charge in [0, 0.05) is 23.4 Å². The number of aromatic amines is 1. The number of aromatic nitrogens is 2. The molecule has 0 aliphatic heterocycles. The van der Waals surface area contributed by atoms with Gasteiger partial charge in [-0.25, -0.2) is 4.98 Å². The number of methoxy groups -OCH3 is 1. The van der Waals surface area contributed by atoms with Crippen LogP contribution in [0.3, 0.4) is 0 Å². The van der Waals surface area contributed by atoms with Crippen LogP contribution in [-0.2, 0) is 0 Å². The molecule has 0 bridgehead atoms. The summed E-state index contributed by atoms with van der Waals surface area (Å²) in [5.41, 5.74) is 10.2. The van der Waals surface area contributed by atoms with Gasteiger partial charge in [0.05, 0.1) is 17.6 Å². The van der Waals surface area contributed by atoms with Crippen molar-refractivity contribution in [3.63, 3.8) is 0 Å². The summed E-state index contributed by atoms with van der Waals surface area (Å²) in [4.78, 5) is 7.77. The van der Waals surface area contributed by atoms with Crippen molar-refractivity contribution in [1.82, 2.24) is 9.97 Å². The number of benzene rings is 2. The summed E-state index contributed by atoms with van der Waals surface area (Å²) in [6, 6.07) is 9.47. The standard InChI is InChI=1S/C15H14ClN3O/c1-8-3-4-9(5-12(8)17)15-18-13-7-10(20-2)6-11(16)14(13)19-15/h3-7H,17H2,1-2H3,(H,18,19). The number of imidazole rings is 1. The van der Waals surface area contributed by atoms with Gasteiger partial charge in [-0.1, -0.05) is 23.7 Å². The van der Waals surface area contributed by atoms with Crippen LogP contribution in [0.2, 0.25) is 5.02 Å². The molecule has 0 saturated carbocycles. The van der Waals surface area contributed by atoms with Crippen molar-refractivity contribution in [2.75, 3.05) is 12.8 Å². The van der Waals surface area contributed by atoms with E-state index in [2.05, 4.69) is 9.97 Å². The van der Waals surface area contributed by atoms with Gasteiger partial charge in [-0.15, -0.1) is 0 Å². The number of ether oxygens (including phenoxy) is 1. The van der Waals surface area contributed by atoms with Crippen LogP contribution < -0.4 is 10.5 Å². The van der Waals surface area contributed by atoms with Gasteiger partial charge in [0.2, 0.25) is 0 Å². The predicted octanol–water partition coefficient (Wildman–Crippen LogP) is 3.78. The molecule has 0 amide bonds. The largest absolute Gasteiger partial charge is 0.497 e. The van der Waals surface area contributed by atoms with Crippen LogP contribution >= 0.6 is 11.6 Å². The molecule has 0 spiro atoms. The number of H-pyrrole nitrogens is 1. The maximum absolute atomic E-state index is 6.21. The van der Waals surface area contributed by atoms with Gasteiger partial charge in [-0.3, -0.25) is 0 Å². The molecular weight excluding hydrogens is 274 g/mol. The van der Waals surface area contributed by atoms with Gasteiger partial charge in [-0.2, -0.15) is 0 Å². The molecule has 0 saturated heterocycles. The number of hydrogen-bond donors (Lipinski definition) is 2. The fourth-order valence-corrected chi connectivity index (χ4v) is 2.34. The Bertz CT molecular complexity index is 795. The van der Waals surface area contributed by atoms with Crippen LogP contribution in [0.25, 0.3) is 22.4 Å². The van der Waals surface area contributed by atoms with Gasteiger partial charge in [0.25, 0.3) is 0 Å². The summed E-state index contributed by atoms with van der Waals surface area (Å²) in [6.07, 6.45) is 0. The SMILES string of the molecule is COc1cc(Cl)c2nc(-c3ccc(C)c(N)c3)[nH]c2c1. The number of nitrogens with zero attached hydrogens (tertiary/aromatic N) is 1. The van der Waals surface area contributed by atoms with E-state index in [4.69, 9.17) is 22.1 Å². The Hall–Kier alpha value is -2.20. The molecule has 5 heteroatoms. The number of hydrogen-bond acceptors (Lipinski definition) is 3. The number of fused-ring (bicyclic) bond motifs is 1. The van der Waals surface area contributed by atoms with E-state index in [9.17, 15) is 0 Å². The van der Waals surface area contributed by atoms with Crippen LogP contribution in [0.4, 0.5) is 5.69 Å². The first-order valence-electron chi connectivity index (χ1n) is 6.18. The van der Waals surface area contributed by atoms with Crippen LogP contribution in [0, 0.1) is 6.92 Å². The highest BCUT2D eigenvalue weighted by Crippen LogP contribution is 2.30. The first kappa shape index (κ1) is 12.8. The third kappa shape index (κ3) is 2.08. The summed E-state index contributed by atoms with van der Waals surface area (Å²) in [5.74, 6) is 1.43. The smallest absolute Gasteiger partial charge is 0.138 e. The fourth-order valence-electron chi connectivity index (χ4n) is 2.09. The van der Waals surface area contributed by atoms with E-state index in [1.165, 1.54) is 0 Å². The van der Waals surface area contributed by atoms with Crippen LogP contribution in [-0.4, -0.2) is 17.1 Å². The monoisotopic (exact) mass is 287 g/mol. The van der Waals surface area contributed by atoms with E-state index in [1.807, 2.05) is 31.2 Å². The van der Waals surface area contributed by atoms with Crippen molar-refractivity contribution in [1.29, 1.82) is 0 Å². The minimum Gasteiger partial charge on any atom is -0.497 e. The summed E-state index contributed by atoms with van der Waals surface area (Å²) >= 11 is 6.21. The zero-order chi connectivity index (χ0) is 14.3. The summed E-state index contributed by atoms with van der Waals surface area (Å²) < 4.78 is 5.20. The van der Waals surface area contributed by atoms with Crippen molar-refractivity contribution in [3.8, 4) is 17.1 Å². The number of anilines is 1. The van der Waals surface area contributed by atoms with E-state index < -0.39 is 0 Å². The predicted molar refractivity (Wildman–Crippen MR) is 82.2 cm³/mol. The molecule has 0 aliphatic rings. The Balaban J connectivity index is 2.17. The second-order valence-corrected chi connectivity index (χ2v) is 5.07. The maximum Gasteiger partial charge on any atom is 0.138 e. The van der Waals surface area contributed by atoms with Gasteiger partial charge >= 0.3 is 0 Å². The summed E-state index contributed by atoms with van der Waals surface area (Å²) in [7, 11) is 1.61. The number of nitrogens with one attached hydrogen (secondary N) is 1. The Morgan fingerprint density at radius 2 is 2.05 bits per heavy atom. The second kappa shape index (κ2) is 4.72. The third-order valence-electron chi connectivity index (χ3n) is 3.30. The Morgan fingerprint density at radius 3 is 2.75 bits per heavy atom. The van der Waals surface area contributed by atoms with Crippen molar-refractivity contribution >= 4 is 28.3 Å². The van der Waals surface area contributed by atoms with E-state index in [-0.39, 0.29) is 0 Å². The molecule has 0 atom stereocenters. The number of nitrogen functional groups attached to an aromatic ring is 1. The molecule has 102 valence electrons. The normalized spacial score (nSPS) is 10.9. The van der Waals surface area contributed by atoms with E-state index in [0.717, 1.165) is 33.7 Å². The molecular formula is C15H14ClN3O. The van der Waals surface area contributed by atoms with E-state index in [0.29, 0.717) is 10.8 Å². The Kier molecular flexibility index (Phi) is 3.03. The molecule has 2 aromatic carbocycles. The van der Waals surface area contributed by atoms with E-state index >= 15 is 0 Å². The Morgan fingerprint density at radius 1 is 1.25 bits per heavy atom. The zero-order valence-electron chi connectivity index (χ0n) is 11.2. The third-order valence-corrected chi connectivity index (χ3v) is 3.59. The maximum atomic E-state index is 6.21. The van der Waals surface area contributed by atoms with Gasteiger partial charge in [-0.05, 0) is 18.6 Å². The van der Waals surface area contributed by atoms with Gasteiger partial charge in [0.15, 0.2) is 0 Å². The Labute approximate surface area is 121 Å². The molecule has 0 unspecified atom stereocenters. The quantitative estimate of drug-likeness (QED) is 0.705. The first-order chi connectivity index (χ1) is 9.58. The summed E-state index contributed by atoms with van der Waals surface area (Å²) in [5, 5.41) is 0.557. The second-order valence-electron chi connectivity index (χ2n) is 4.66. The molecule has 3 aromatic rings. The fraction of sp³-hybridized carbons (Fsp3) is 0.133. The lowest BCUT2D eigenvalue weighted by molar-refractivity contribution is 0.415. The number of rotatable bonds is 2. The topological polar surface area (TPSA) is 63.9 Å². The molecule has 4 nitrogen and oxygen atoms in total. The molecule has 0 aliphatic carbocycles. The van der Waals surface area contributed by atoms with E-state index in [1.54, 1.807) is 13.2 Å².